The molecule has 0 aromatic heterocycles. The third-order valence-corrected chi connectivity index (χ3v) is 7.61. The Kier molecular flexibility index (Phi) is 30.2. The second kappa shape index (κ2) is 30.7. The summed E-state index contributed by atoms with van der Waals surface area (Å²) in [6.07, 6.45) is 37.1. The fraction of sp³-hybridized carbons (Fsp3) is 0.970. The highest BCUT2D eigenvalue weighted by atomic mass is 16.6. The Morgan fingerprint density at radius 1 is 0.472 bits per heavy atom. The van der Waals surface area contributed by atoms with Gasteiger partial charge in [-0.2, -0.15) is 0 Å². The van der Waals surface area contributed by atoms with E-state index in [0.717, 1.165) is 25.7 Å². The summed E-state index contributed by atoms with van der Waals surface area (Å²) >= 11 is 0. The Hall–Kier alpha value is -0.570. The van der Waals surface area contributed by atoms with Gasteiger partial charge in [-0.15, -0.1) is 0 Å². The van der Waals surface area contributed by atoms with Crippen LogP contribution in [0.15, 0.2) is 0 Å². The van der Waals surface area contributed by atoms with Crippen molar-refractivity contribution < 1.29 is 9.53 Å². The van der Waals surface area contributed by atoms with Crippen molar-refractivity contribution in [2.45, 2.75) is 206 Å². The molecule has 36 heavy (non-hydrogen) atoms. The number of hydrogen-bond acceptors (Lipinski definition) is 3. The van der Waals surface area contributed by atoms with Crippen molar-refractivity contribution in [3.8, 4) is 0 Å². The fourth-order valence-corrected chi connectivity index (χ4v) is 5.11. The van der Waals surface area contributed by atoms with E-state index in [1.807, 2.05) is 0 Å². The maximum Gasteiger partial charge on any atom is 0.307 e. The third-order valence-electron chi connectivity index (χ3n) is 7.61. The minimum absolute atomic E-state index is 0.101. The van der Waals surface area contributed by atoms with Crippen molar-refractivity contribution in [3.63, 3.8) is 0 Å². The molecule has 0 aliphatic carbocycles. The zero-order valence-electron chi connectivity index (χ0n) is 25.0. The first kappa shape index (κ1) is 35.4. The number of rotatable bonds is 30. The molecule has 0 saturated carbocycles. The smallest absolute Gasteiger partial charge is 0.307 e. The van der Waals surface area contributed by atoms with Crippen LogP contribution in [0.5, 0.6) is 0 Å². The minimum atomic E-state index is -0.406. The lowest BCUT2D eigenvalue weighted by molar-refractivity contribution is -0.149. The molecule has 0 aliphatic rings. The molecule has 3 heteroatoms. The number of hydrogen-bond donors (Lipinski definition) is 1. The number of esters is 1. The minimum Gasteiger partial charge on any atom is -0.447 e. The predicted molar refractivity (Wildman–Crippen MR) is 159 cm³/mol. The van der Waals surface area contributed by atoms with Gasteiger partial charge in [0.1, 0.15) is 0 Å². The van der Waals surface area contributed by atoms with E-state index in [2.05, 4.69) is 13.8 Å². The van der Waals surface area contributed by atoms with Crippen molar-refractivity contribution in [1.82, 2.24) is 0 Å². The van der Waals surface area contributed by atoms with E-state index in [1.54, 1.807) is 0 Å². The van der Waals surface area contributed by atoms with Gasteiger partial charge in [-0.05, 0) is 19.3 Å². The van der Waals surface area contributed by atoms with Crippen LogP contribution >= 0.6 is 0 Å². The maximum atomic E-state index is 12.0. The molecule has 3 nitrogen and oxygen atoms in total. The first-order valence-electron chi connectivity index (χ1n) is 16.7. The number of ether oxygens (including phenoxy) is 1. The van der Waals surface area contributed by atoms with E-state index >= 15 is 0 Å². The molecule has 0 radical (unpaired) electrons. The van der Waals surface area contributed by atoms with Crippen molar-refractivity contribution in [2.24, 2.45) is 5.73 Å². The van der Waals surface area contributed by atoms with E-state index in [0.29, 0.717) is 6.42 Å². The maximum absolute atomic E-state index is 12.0. The van der Waals surface area contributed by atoms with Gasteiger partial charge < -0.3 is 4.74 Å². The van der Waals surface area contributed by atoms with Crippen molar-refractivity contribution >= 4 is 5.97 Å². The summed E-state index contributed by atoms with van der Waals surface area (Å²) in [5.74, 6) is -0.101. The molecule has 1 atom stereocenters. The monoisotopic (exact) mass is 510 g/mol. The summed E-state index contributed by atoms with van der Waals surface area (Å²) in [6.45, 7) is 4.56. The van der Waals surface area contributed by atoms with Gasteiger partial charge in [0.2, 0.25) is 0 Å². The summed E-state index contributed by atoms with van der Waals surface area (Å²) in [4.78, 5) is 12.0. The van der Waals surface area contributed by atoms with Crippen LogP contribution in [0.4, 0.5) is 0 Å². The molecule has 0 aromatic rings. The average molecular weight is 510 g/mol. The van der Waals surface area contributed by atoms with Crippen LogP contribution in [0.1, 0.15) is 200 Å². The molecule has 0 amide bonds. The fourth-order valence-electron chi connectivity index (χ4n) is 5.11. The topological polar surface area (TPSA) is 52.3 Å². The molecule has 0 rings (SSSR count). The molecular weight excluding hydrogens is 442 g/mol. The number of carbonyl (C=O) groups excluding carboxylic acids is 1. The van der Waals surface area contributed by atoms with Gasteiger partial charge in [0.15, 0.2) is 6.23 Å². The predicted octanol–water partition coefficient (Wildman–Crippen LogP) is 11.2. The van der Waals surface area contributed by atoms with Crippen LogP contribution in [-0.4, -0.2) is 12.2 Å². The quantitative estimate of drug-likeness (QED) is 0.0595. The molecule has 0 fully saturated rings. The summed E-state index contributed by atoms with van der Waals surface area (Å²) in [5, 5.41) is 0. The summed E-state index contributed by atoms with van der Waals surface area (Å²) in [6, 6.07) is 0. The zero-order chi connectivity index (χ0) is 26.4. The van der Waals surface area contributed by atoms with E-state index in [1.165, 1.54) is 154 Å². The number of carbonyl (C=O) groups is 1. The van der Waals surface area contributed by atoms with Crippen molar-refractivity contribution in [3.05, 3.63) is 0 Å². The van der Waals surface area contributed by atoms with Gasteiger partial charge in [0, 0.05) is 6.42 Å². The SMILES string of the molecule is CCCCCCCCCCCCCCCCCC(=O)OC(N)CCCCCCCCCCCCCC. The Morgan fingerprint density at radius 2 is 0.750 bits per heavy atom. The second-order valence-corrected chi connectivity index (χ2v) is 11.4. The lowest BCUT2D eigenvalue weighted by atomic mass is 10.0. The van der Waals surface area contributed by atoms with E-state index in [-0.39, 0.29) is 5.97 Å². The van der Waals surface area contributed by atoms with Crippen molar-refractivity contribution in [2.75, 3.05) is 0 Å². The molecule has 2 N–H and O–H groups in total. The molecular formula is C33H67NO2. The molecule has 0 spiro atoms. The van der Waals surface area contributed by atoms with Crippen LogP contribution < -0.4 is 5.73 Å². The summed E-state index contributed by atoms with van der Waals surface area (Å²) in [7, 11) is 0. The molecule has 0 aliphatic heterocycles. The Labute approximate surface area is 227 Å². The highest BCUT2D eigenvalue weighted by Gasteiger charge is 2.09. The highest BCUT2D eigenvalue weighted by Crippen LogP contribution is 2.15. The van der Waals surface area contributed by atoms with E-state index in [4.69, 9.17) is 10.5 Å². The van der Waals surface area contributed by atoms with Crippen LogP contribution in [0.2, 0.25) is 0 Å². The normalized spacial score (nSPS) is 12.2. The average Bonchev–Trinajstić information content (AvgIpc) is 2.87. The Bertz CT molecular complexity index is 426. The van der Waals surface area contributed by atoms with Gasteiger partial charge >= 0.3 is 5.97 Å². The van der Waals surface area contributed by atoms with E-state index < -0.39 is 6.23 Å². The molecule has 1 unspecified atom stereocenters. The van der Waals surface area contributed by atoms with Crippen molar-refractivity contribution in [1.29, 1.82) is 0 Å². The van der Waals surface area contributed by atoms with Gasteiger partial charge in [-0.25, -0.2) is 0 Å². The Morgan fingerprint density at radius 3 is 1.08 bits per heavy atom. The lowest BCUT2D eigenvalue weighted by Gasteiger charge is -2.13. The first-order valence-corrected chi connectivity index (χ1v) is 16.7. The molecule has 0 bridgehead atoms. The third kappa shape index (κ3) is 29.7. The van der Waals surface area contributed by atoms with Crippen LogP contribution in [-0.2, 0) is 9.53 Å². The zero-order valence-corrected chi connectivity index (χ0v) is 25.0. The first-order chi connectivity index (χ1) is 17.7. The number of nitrogens with two attached hydrogens (primary N) is 1. The molecule has 216 valence electrons. The van der Waals surface area contributed by atoms with Crippen LogP contribution in [0.3, 0.4) is 0 Å². The Balaban J connectivity index is 3.27. The molecule has 0 saturated heterocycles. The van der Waals surface area contributed by atoms with Gasteiger partial charge in [0.05, 0.1) is 0 Å². The van der Waals surface area contributed by atoms with Gasteiger partial charge in [0.25, 0.3) is 0 Å². The van der Waals surface area contributed by atoms with Gasteiger partial charge in [-0.3, -0.25) is 10.5 Å². The van der Waals surface area contributed by atoms with Crippen LogP contribution in [0.25, 0.3) is 0 Å². The molecule has 0 aromatic carbocycles. The second-order valence-electron chi connectivity index (χ2n) is 11.4. The van der Waals surface area contributed by atoms with Crippen LogP contribution in [0, 0.1) is 0 Å². The summed E-state index contributed by atoms with van der Waals surface area (Å²) in [5.41, 5.74) is 6.02. The largest absolute Gasteiger partial charge is 0.447 e. The standard InChI is InChI=1S/C33H67NO2/c1-3-5-7-9-11-13-15-17-18-19-21-23-25-27-29-31-33(35)36-32(34)30-28-26-24-22-20-16-14-12-10-8-6-4-2/h32H,3-31,34H2,1-2H3. The highest BCUT2D eigenvalue weighted by molar-refractivity contribution is 5.69. The lowest BCUT2D eigenvalue weighted by Crippen LogP contribution is -2.26. The van der Waals surface area contributed by atoms with Gasteiger partial charge in [-0.1, -0.05) is 174 Å². The van der Waals surface area contributed by atoms with E-state index in [9.17, 15) is 4.79 Å². The molecule has 0 heterocycles. The number of unbranched alkanes of at least 4 members (excludes halogenated alkanes) is 25. The summed E-state index contributed by atoms with van der Waals surface area (Å²) < 4.78 is 5.41.